The molecule has 0 aliphatic carbocycles. The van der Waals surface area contributed by atoms with E-state index in [0.29, 0.717) is 44.4 Å². The molecule has 432 valence electrons. The minimum Gasteiger partial charge on any atom is -0.508 e. The molecule has 0 spiro atoms. The molecule has 8 atom stereocenters. The van der Waals surface area contributed by atoms with Crippen molar-refractivity contribution in [2.45, 2.75) is 141 Å². The molecule has 2 aliphatic rings. The molecular weight excluding hydrogens is 1020 g/mol. The highest BCUT2D eigenvalue weighted by atomic mass is 16.5. The van der Waals surface area contributed by atoms with Gasteiger partial charge in [-0.2, -0.15) is 0 Å². The number of benzene rings is 4. The number of hydrogen-bond acceptors (Lipinski definition) is 12. The van der Waals surface area contributed by atoms with Crippen LogP contribution in [-0.2, 0) is 39.9 Å². The Morgan fingerprint density at radius 3 is 1.88 bits per heavy atom. The van der Waals surface area contributed by atoms with Gasteiger partial charge in [-0.15, -0.1) is 0 Å². The van der Waals surface area contributed by atoms with Crippen LogP contribution in [0.5, 0.6) is 11.5 Å². The van der Waals surface area contributed by atoms with Crippen molar-refractivity contribution in [3.05, 3.63) is 108 Å². The van der Waals surface area contributed by atoms with Gasteiger partial charge in [0, 0.05) is 25.2 Å². The molecule has 0 aromatic heterocycles. The number of ether oxygens (including phenoxy) is 2. The van der Waals surface area contributed by atoms with E-state index >= 15 is 0 Å². The first-order valence-electron chi connectivity index (χ1n) is 28.3. The SMILES string of the molecule is CCCCCOc1ccc(-c2ccc(-c3ccc(C(=O)NCC(=O)NC(CC)C(=O)N4CCCC4C(=O)NC(CCc4ccc(O)cc4)C(=O)NC(CC)C(=O)N4C[C@H](C)CC4C(=O)NC(OCCNC)[C@@H](C)O)cc3)cc2)cc1. The molecule has 2 saturated heterocycles. The number of aliphatic hydroxyl groups excluding tert-OH is 1. The van der Waals surface area contributed by atoms with Crippen molar-refractivity contribution >= 4 is 41.4 Å². The first-order valence-corrected chi connectivity index (χ1v) is 28.3. The molecule has 4 aromatic carbocycles. The van der Waals surface area contributed by atoms with Crippen molar-refractivity contribution in [3.8, 4) is 33.8 Å². The van der Waals surface area contributed by atoms with Crippen molar-refractivity contribution in [1.82, 2.24) is 41.7 Å². The summed E-state index contributed by atoms with van der Waals surface area (Å²) < 4.78 is 11.5. The molecule has 8 N–H and O–H groups in total. The number of hydrogen-bond donors (Lipinski definition) is 8. The van der Waals surface area contributed by atoms with Gasteiger partial charge in [0.05, 0.1) is 25.9 Å². The molecule has 0 bridgehead atoms. The van der Waals surface area contributed by atoms with Crippen LogP contribution in [0, 0.1) is 5.92 Å². The zero-order valence-corrected chi connectivity index (χ0v) is 47.1. The molecule has 19 heteroatoms. The maximum absolute atomic E-state index is 14.3. The number of phenolic OH excluding ortho intramolecular Hbond substituents is 1. The monoisotopic (exact) mass is 1100 g/mol. The number of aryl methyl sites for hydroxylation is 1. The van der Waals surface area contributed by atoms with Gasteiger partial charge < -0.3 is 61.4 Å². The number of likely N-dealkylation sites (tertiary alicyclic amines) is 2. The van der Waals surface area contributed by atoms with Gasteiger partial charge >= 0.3 is 0 Å². The lowest BCUT2D eigenvalue weighted by molar-refractivity contribution is -0.144. The Hall–Kier alpha value is -7.35. The third-order valence-electron chi connectivity index (χ3n) is 14.6. The maximum atomic E-state index is 14.3. The van der Waals surface area contributed by atoms with Gasteiger partial charge in [-0.3, -0.25) is 33.6 Å². The molecule has 80 heavy (non-hydrogen) atoms. The highest BCUT2D eigenvalue weighted by Crippen LogP contribution is 2.28. The second kappa shape index (κ2) is 30.9. The number of nitrogens with one attached hydrogen (secondary N) is 6. The molecule has 6 unspecified atom stereocenters. The van der Waals surface area contributed by atoms with Crippen molar-refractivity contribution in [3.63, 3.8) is 0 Å². The van der Waals surface area contributed by atoms with Crippen molar-refractivity contribution in [1.29, 1.82) is 0 Å². The minimum absolute atomic E-state index is 0.0452. The van der Waals surface area contributed by atoms with E-state index in [4.69, 9.17) is 9.47 Å². The predicted octanol–water partition coefficient (Wildman–Crippen LogP) is 5.22. The Balaban J connectivity index is 1.03. The Labute approximate surface area is 470 Å². The molecule has 0 saturated carbocycles. The zero-order valence-electron chi connectivity index (χ0n) is 47.1. The van der Waals surface area contributed by atoms with Crippen LogP contribution in [0.15, 0.2) is 97.1 Å². The number of carbonyl (C=O) groups excluding carboxylic acids is 7. The van der Waals surface area contributed by atoms with Crippen LogP contribution in [0.25, 0.3) is 22.3 Å². The largest absolute Gasteiger partial charge is 0.508 e. The number of amides is 7. The summed E-state index contributed by atoms with van der Waals surface area (Å²) in [5.74, 6) is -2.89. The zero-order chi connectivity index (χ0) is 57.7. The molecule has 7 amide bonds. The topological polar surface area (TPSA) is 257 Å². The molecule has 2 fully saturated rings. The summed E-state index contributed by atoms with van der Waals surface area (Å²) in [6, 6.07) is 24.6. The summed E-state index contributed by atoms with van der Waals surface area (Å²) in [4.78, 5) is 99.9. The third-order valence-corrected chi connectivity index (χ3v) is 14.6. The smallest absolute Gasteiger partial charge is 0.251 e. The summed E-state index contributed by atoms with van der Waals surface area (Å²) in [5.41, 5.74) is 5.13. The lowest BCUT2D eigenvalue weighted by Gasteiger charge is -2.31. The van der Waals surface area contributed by atoms with Crippen molar-refractivity contribution in [2.75, 3.05) is 46.4 Å². The van der Waals surface area contributed by atoms with E-state index in [1.54, 1.807) is 45.2 Å². The van der Waals surface area contributed by atoms with E-state index in [0.717, 1.165) is 52.8 Å². The summed E-state index contributed by atoms with van der Waals surface area (Å²) in [6.07, 6.45) is 3.17. The average molecular weight is 1100 g/mol. The summed E-state index contributed by atoms with van der Waals surface area (Å²) in [5, 5.41) is 37.0. The molecular formula is C61H82N8O11. The van der Waals surface area contributed by atoms with Crippen LogP contribution >= 0.6 is 0 Å². The fourth-order valence-electron chi connectivity index (χ4n) is 9.99. The van der Waals surface area contributed by atoms with Gasteiger partial charge in [0.25, 0.3) is 5.91 Å². The van der Waals surface area contributed by atoms with Gasteiger partial charge in [-0.1, -0.05) is 101 Å². The van der Waals surface area contributed by atoms with Crippen LogP contribution in [0.3, 0.4) is 0 Å². The van der Waals surface area contributed by atoms with E-state index in [-0.39, 0.29) is 50.6 Å². The fraction of sp³-hybridized carbons (Fsp3) is 0.492. The first kappa shape index (κ1) is 61.9. The van der Waals surface area contributed by atoms with Crippen LogP contribution in [0.2, 0.25) is 0 Å². The lowest BCUT2D eigenvalue weighted by Crippen LogP contribution is -2.59. The number of nitrogens with zero attached hydrogens (tertiary/aromatic N) is 2. The van der Waals surface area contributed by atoms with Crippen LogP contribution in [0.1, 0.15) is 108 Å². The Morgan fingerprint density at radius 2 is 1.27 bits per heavy atom. The number of aliphatic hydroxyl groups is 1. The highest BCUT2D eigenvalue weighted by molar-refractivity contribution is 5.99. The number of rotatable bonds is 29. The highest BCUT2D eigenvalue weighted by Gasteiger charge is 2.42. The van der Waals surface area contributed by atoms with E-state index in [9.17, 15) is 43.8 Å². The summed E-state index contributed by atoms with van der Waals surface area (Å²) >= 11 is 0. The van der Waals surface area contributed by atoms with E-state index in [1.165, 1.54) is 28.9 Å². The Kier molecular flexibility index (Phi) is 23.9. The fourth-order valence-corrected chi connectivity index (χ4v) is 9.99. The quantitative estimate of drug-likeness (QED) is 0.0257. The number of carbonyl (C=O) groups is 7. The van der Waals surface area contributed by atoms with Crippen molar-refractivity contribution in [2.24, 2.45) is 5.92 Å². The van der Waals surface area contributed by atoms with E-state index in [2.05, 4.69) is 38.8 Å². The first-order chi connectivity index (χ1) is 38.5. The average Bonchev–Trinajstić information content (AvgIpc) is 4.13. The predicted molar refractivity (Wildman–Crippen MR) is 305 cm³/mol. The van der Waals surface area contributed by atoms with Gasteiger partial charge in [-0.05, 0) is 135 Å². The molecule has 6 rings (SSSR count). The maximum Gasteiger partial charge on any atom is 0.251 e. The molecule has 0 radical (unpaired) electrons. The van der Waals surface area contributed by atoms with Crippen molar-refractivity contribution < 1.29 is 53.2 Å². The van der Waals surface area contributed by atoms with E-state index in [1.807, 2.05) is 67.6 Å². The normalized spacial score (nSPS) is 17.8. The molecule has 2 aliphatic heterocycles. The second-order valence-corrected chi connectivity index (χ2v) is 20.9. The number of unbranched alkanes of at least 4 members (excludes halogenated alkanes) is 2. The van der Waals surface area contributed by atoms with Crippen LogP contribution in [0.4, 0.5) is 0 Å². The molecule has 4 aromatic rings. The number of likely N-dealkylation sites (N-methyl/N-ethyl adjacent to an activating group) is 1. The molecule has 19 nitrogen and oxygen atoms in total. The number of phenols is 1. The Morgan fingerprint density at radius 1 is 0.688 bits per heavy atom. The van der Waals surface area contributed by atoms with Gasteiger partial charge in [-0.25, -0.2) is 0 Å². The number of aromatic hydroxyl groups is 1. The third kappa shape index (κ3) is 17.6. The summed E-state index contributed by atoms with van der Waals surface area (Å²) in [6.45, 7) is 10.5. The van der Waals surface area contributed by atoms with Gasteiger partial charge in [0.2, 0.25) is 35.4 Å². The van der Waals surface area contributed by atoms with Crippen LogP contribution in [-0.4, -0.2) is 150 Å². The summed E-state index contributed by atoms with van der Waals surface area (Å²) in [7, 11) is 1.75. The van der Waals surface area contributed by atoms with E-state index < -0.39 is 90.4 Å². The van der Waals surface area contributed by atoms with Gasteiger partial charge in [0.1, 0.15) is 41.7 Å². The lowest BCUT2D eigenvalue weighted by atomic mass is 9.99. The standard InChI is InChI=1S/C61H82N8O11/c1-7-10-11-34-79-48-29-25-45(26-30-48)43-19-17-42(18-20-43)44-21-23-46(24-22-44)55(73)63-37-54(72)64-49(8-2)60(77)68-33-12-13-52(68)57(75)66-51(31-16-41-14-27-47(71)28-15-41)56(74)65-50(9-3)61(78)69-38-39(4)36-53(69)58(76)67-59(40(5)70)80-35-32-62-6/h14-15,17-30,39-40,49-53,59,62,70-71H,7-13,16,31-38H2,1-6H3,(H,63,73)(H,64,72)(H,65,74)(H,66,75)(H,67,76)/t39-,40-,49?,50?,51?,52?,53?,59?/m1/s1. The van der Waals surface area contributed by atoms with Crippen LogP contribution < -0.4 is 36.6 Å². The Bertz CT molecular complexity index is 2670. The second-order valence-electron chi connectivity index (χ2n) is 20.9. The molecule has 2 heterocycles. The van der Waals surface area contributed by atoms with Gasteiger partial charge in [0.15, 0.2) is 6.23 Å². The minimum atomic E-state index is -1.17.